The molecule has 3 rings (SSSR count). The summed E-state index contributed by atoms with van der Waals surface area (Å²) in [4.78, 5) is 34.5. The van der Waals surface area contributed by atoms with Crippen molar-refractivity contribution in [1.29, 1.82) is 0 Å². The minimum atomic E-state index is -0.290. The average molecular weight is 423 g/mol. The van der Waals surface area contributed by atoms with E-state index >= 15 is 0 Å². The van der Waals surface area contributed by atoms with Crippen molar-refractivity contribution in [2.24, 2.45) is 0 Å². The average Bonchev–Trinajstić information content (AvgIpc) is 2.73. The topological polar surface area (TPSA) is 67.7 Å². The van der Waals surface area contributed by atoms with Crippen LogP contribution in [0.2, 0.25) is 0 Å². The lowest BCUT2D eigenvalue weighted by atomic mass is 10.1. The monoisotopic (exact) mass is 422 g/mol. The van der Waals surface area contributed by atoms with Gasteiger partial charge >= 0.3 is 0 Å². The number of carbonyl (C=O) groups excluding carboxylic acids is 1. The summed E-state index contributed by atoms with van der Waals surface area (Å²) in [7, 11) is 7.25. The number of aromatic nitrogens is 2. The van der Waals surface area contributed by atoms with Crippen LogP contribution >= 0.6 is 0 Å². The zero-order valence-corrected chi connectivity index (χ0v) is 19.0. The molecule has 0 aliphatic rings. The zero-order chi connectivity index (χ0) is 22.7. The van der Waals surface area contributed by atoms with Crippen molar-refractivity contribution in [1.82, 2.24) is 19.4 Å². The number of likely N-dealkylation sites (N-methyl/N-ethyl adjacent to an activating group) is 1. The third-order valence-electron chi connectivity index (χ3n) is 5.44. The second kappa shape index (κ2) is 9.31. The molecule has 7 heteroatoms. The number of aryl methyl sites for hydroxylation is 1. The first-order valence-electron chi connectivity index (χ1n) is 10.3. The molecule has 164 valence electrons. The molecule has 31 heavy (non-hydrogen) atoms. The molecular formula is C24H30N4O3. The maximum absolute atomic E-state index is 13.3. The van der Waals surface area contributed by atoms with Gasteiger partial charge in [0.05, 0.1) is 7.11 Å². The second-order valence-corrected chi connectivity index (χ2v) is 8.19. The number of pyridine rings is 2. The lowest BCUT2D eigenvalue weighted by molar-refractivity contribution is 0.0782. The number of benzene rings is 1. The number of hydrogen-bond acceptors (Lipinski definition) is 5. The van der Waals surface area contributed by atoms with Crippen molar-refractivity contribution >= 4 is 16.8 Å². The maximum Gasteiger partial charge on any atom is 0.263 e. The van der Waals surface area contributed by atoms with E-state index in [1.165, 1.54) is 0 Å². The molecule has 7 nitrogen and oxygen atoms in total. The summed E-state index contributed by atoms with van der Waals surface area (Å²) in [6, 6.07) is 9.40. The molecule has 0 aliphatic carbocycles. The second-order valence-electron chi connectivity index (χ2n) is 8.19. The van der Waals surface area contributed by atoms with Crippen molar-refractivity contribution in [2.75, 3.05) is 34.8 Å². The lowest BCUT2D eigenvalue weighted by Gasteiger charge is -2.23. The van der Waals surface area contributed by atoms with Gasteiger partial charge in [-0.15, -0.1) is 0 Å². The normalized spacial score (nSPS) is 12.2. The standard InChI is InChI=1S/C24H30N4O3/c1-16-11-13-28(17(2)14-26(3)4)24(30)21(16)23(29)27(5)15-18-9-10-20(31-6)22-19(18)8-7-12-25-22/h7-13,17H,14-15H2,1-6H3. The van der Waals surface area contributed by atoms with Crippen molar-refractivity contribution in [3.63, 3.8) is 0 Å². The van der Waals surface area contributed by atoms with Gasteiger partial charge in [0.25, 0.3) is 11.5 Å². The Hall–Kier alpha value is -3.19. The van der Waals surface area contributed by atoms with E-state index in [4.69, 9.17) is 4.74 Å². The Morgan fingerprint density at radius 3 is 2.61 bits per heavy atom. The summed E-state index contributed by atoms with van der Waals surface area (Å²) in [5.74, 6) is 0.395. The van der Waals surface area contributed by atoms with Gasteiger partial charge in [0.15, 0.2) is 0 Å². The molecule has 1 aromatic carbocycles. The predicted octanol–water partition coefficient (Wildman–Crippen LogP) is 3.11. The Bertz CT molecular complexity index is 1150. The molecule has 0 spiro atoms. The van der Waals surface area contributed by atoms with E-state index in [1.54, 1.807) is 42.9 Å². The number of nitrogens with zero attached hydrogens (tertiary/aromatic N) is 4. The summed E-state index contributed by atoms with van der Waals surface area (Å²) < 4.78 is 7.05. The third kappa shape index (κ3) is 4.61. The largest absolute Gasteiger partial charge is 0.494 e. The van der Waals surface area contributed by atoms with Gasteiger partial charge in [-0.25, -0.2) is 0 Å². The Labute approximate surface area is 182 Å². The Kier molecular flexibility index (Phi) is 6.75. The van der Waals surface area contributed by atoms with E-state index in [-0.39, 0.29) is 23.1 Å². The van der Waals surface area contributed by atoms with Gasteiger partial charge in [-0.05, 0) is 57.3 Å². The number of ether oxygens (including phenoxy) is 1. The number of carbonyl (C=O) groups is 1. The number of rotatable bonds is 7. The van der Waals surface area contributed by atoms with Crippen LogP contribution in [0.15, 0.2) is 47.5 Å². The highest BCUT2D eigenvalue weighted by atomic mass is 16.5. The molecule has 1 amide bonds. The van der Waals surface area contributed by atoms with Crippen LogP contribution in [-0.2, 0) is 6.54 Å². The highest BCUT2D eigenvalue weighted by molar-refractivity contribution is 5.95. The van der Waals surface area contributed by atoms with Crippen LogP contribution in [0.25, 0.3) is 10.9 Å². The van der Waals surface area contributed by atoms with Crippen LogP contribution in [0.1, 0.15) is 34.5 Å². The van der Waals surface area contributed by atoms with Gasteiger partial charge in [0.1, 0.15) is 16.8 Å². The quantitative estimate of drug-likeness (QED) is 0.585. The van der Waals surface area contributed by atoms with Crippen molar-refractivity contribution < 1.29 is 9.53 Å². The minimum Gasteiger partial charge on any atom is -0.494 e. The van der Waals surface area contributed by atoms with Crippen LogP contribution in [0.5, 0.6) is 5.75 Å². The molecule has 0 saturated heterocycles. The maximum atomic E-state index is 13.3. The van der Waals surface area contributed by atoms with E-state index in [1.807, 2.05) is 56.3 Å². The first-order valence-corrected chi connectivity index (χ1v) is 10.3. The molecule has 0 N–H and O–H groups in total. The molecule has 0 bridgehead atoms. The smallest absolute Gasteiger partial charge is 0.263 e. The van der Waals surface area contributed by atoms with Gasteiger partial charge in [-0.1, -0.05) is 12.1 Å². The highest BCUT2D eigenvalue weighted by Gasteiger charge is 2.22. The summed E-state index contributed by atoms with van der Waals surface area (Å²) in [6.07, 6.45) is 3.49. The summed E-state index contributed by atoms with van der Waals surface area (Å²) in [5.41, 5.74) is 2.32. The van der Waals surface area contributed by atoms with E-state index in [0.29, 0.717) is 24.4 Å². The van der Waals surface area contributed by atoms with E-state index in [2.05, 4.69) is 4.98 Å². The minimum absolute atomic E-state index is 0.0448. The molecule has 0 fully saturated rings. The van der Waals surface area contributed by atoms with Crippen LogP contribution in [0.4, 0.5) is 0 Å². The number of amides is 1. The molecule has 0 radical (unpaired) electrons. The molecule has 0 saturated carbocycles. The van der Waals surface area contributed by atoms with Crippen molar-refractivity contribution in [3.8, 4) is 5.75 Å². The number of hydrogen-bond donors (Lipinski definition) is 0. The first kappa shape index (κ1) is 22.5. The summed E-state index contributed by atoms with van der Waals surface area (Å²) in [6.45, 7) is 4.84. The van der Waals surface area contributed by atoms with E-state index in [9.17, 15) is 9.59 Å². The fourth-order valence-corrected chi connectivity index (χ4v) is 3.89. The third-order valence-corrected chi connectivity index (χ3v) is 5.44. The molecule has 1 unspecified atom stereocenters. The van der Waals surface area contributed by atoms with Crippen LogP contribution in [0, 0.1) is 6.92 Å². The van der Waals surface area contributed by atoms with Crippen LogP contribution < -0.4 is 10.3 Å². The Morgan fingerprint density at radius 2 is 1.94 bits per heavy atom. The van der Waals surface area contributed by atoms with Gasteiger partial charge in [-0.3, -0.25) is 14.6 Å². The number of fused-ring (bicyclic) bond motifs is 1. The fraction of sp³-hybridized carbons (Fsp3) is 0.375. The Morgan fingerprint density at radius 1 is 1.19 bits per heavy atom. The zero-order valence-electron chi connectivity index (χ0n) is 19.0. The Balaban J connectivity index is 1.94. The van der Waals surface area contributed by atoms with Crippen LogP contribution in [-0.4, -0.2) is 60.1 Å². The van der Waals surface area contributed by atoms with Gasteiger partial charge < -0.3 is 19.1 Å². The van der Waals surface area contributed by atoms with Gasteiger partial charge in [0.2, 0.25) is 0 Å². The molecule has 3 aromatic rings. The predicted molar refractivity (Wildman–Crippen MR) is 123 cm³/mol. The molecule has 2 heterocycles. The molecule has 1 atom stereocenters. The fourth-order valence-electron chi connectivity index (χ4n) is 3.89. The van der Waals surface area contributed by atoms with E-state index in [0.717, 1.165) is 16.5 Å². The SMILES string of the molecule is COc1ccc(CN(C)C(=O)c2c(C)ccn(C(C)CN(C)C)c2=O)c2cccnc12. The lowest BCUT2D eigenvalue weighted by Crippen LogP contribution is -2.37. The highest BCUT2D eigenvalue weighted by Crippen LogP contribution is 2.27. The number of methoxy groups -OCH3 is 1. The summed E-state index contributed by atoms with van der Waals surface area (Å²) >= 11 is 0. The van der Waals surface area contributed by atoms with Crippen LogP contribution in [0.3, 0.4) is 0 Å². The van der Waals surface area contributed by atoms with Crippen molar-refractivity contribution in [3.05, 3.63) is 69.8 Å². The van der Waals surface area contributed by atoms with E-state index < -0.39 is 0 Å². The van der Waals surface area contributed by atoms with Gasteiger partial charge in [0, 0.05) is 44.0 Å². The molecule has 0 aliphatic heterocycles. The molecular weight excluding hydrogens is 392 g/mol. The first-order chi connectivity index (χ1) is 14.7. The van der Waals surface area contributed by atoms with Crippen molar-refractivity contribution in [2.45, 2.75) is 26.4 Å². The molecule has 2 aromatic heterocycles. The summed E-state index contributed by atoms with van der Waals surface area (Å²) in [5, 5.41) is 0.920. The van der Waals surface area contributed by atoms with Gasteiger partial charge in [-0.2, -0.15) is 0 Å².